The van der Waals surface area contributed by atoms with E-state index in [0.29, 0.717) is 39.2 Å². The van der Waals surface area contributed by atoms with Crippen molar-refractivity contribution < 1.29 is 19.5 Å². The van der Waals surface area contributed by atoms with Crippen LogP contribution in [-0.2, 0) is 11.8 Å². The summed E-state index contributed by atoms with van der Waals surface area (Å²) in [4.78, 5) is 40.2. The molecule has 3 N–H and O–H groups in total. The van der Waals surface area contributed by atoms with Crippen LogP contribution in [0.25, 0.3) is 11.0 Å². The Labute approximate surface area is 166 Å². The number of aryl methyl sites for hydroxylation is 3. The van der Waals surface area contributed by atoms with Crippen molar-refractivity contribution >= 4 is 34.5 Å². The summed E-state index contributed by atoms with van der Waals surface area (Å²) in [5.41, 5.74) is 3.30. The predicted molar refractivity (Wildman–Crippen MR) is 107 cm³/mol. The average Bonchev–Trinajstić information content (AvgIpc) is 2.95. The van der Waals surface area contributed by atoms with Gasteiger partial charge in [0.1, 0.15) is 6.04 Å². The minimum absolute atomic E-state index is 0.293. The molecular formula is C20H21N5O4. The van der Waals surface area contributed by atoms with Crippen molar-refractivity contribution in [3.05, 3.63) is 52.8 Å². The zero-order valence-corrected chi connectivity index (χ0v) is 16.5. The van der Waals surface area contributed by atoms with E-state index in [9.17, 15) is 14.4 Å². The van der Waals surface area contributed by atoms with Crippen LogP contribution in [-0.4, -0.2) is 43.7 Å². The van der Waals surface area contributed by atoms with Crippen molar-refractivity contribution in [2.45, 2.75) is 26.8 Å². The van der Waals surface area contributed by atoms with Crippen molar-refractivity contribution in [3.63, 3.8) is 0 Å². The molecular weight excluding hydrogens is 374 g/mol. The summed E-state index contributed by atoms with van der Waals surface area (Å²) in [7, 11) is 1.78. The van der Waals surface area contributed by atoms with Crippen molar-refractivity contribution in [3.8, 4) is 0 Å². The van der Waals surface area contributed by atoms with Crippen LogP contribution < -0.4 is 10.6 Å². The van der Waals surface area contributed by atoms with Gasteiger partial charge in [-0.05, 0) is 51.1 Å². The van der Waals surface area contributed by atoms with Gasteiger partial charge < -0.3 is 15.7 Å². The number of anilines is 1. The van der Waals surface area contributed by atoms with E-state index in [2.05, 4.69) is 20.7 Å². The maximum absolute atomic E-state index is 12.9. The number of nitrogens with zero attached hydrogens (tertiary/aromatic N) is 3. The van der Waals surface area contributed by atoms with Gasteiger partial charge in [0.25, 0.3) is 11.8 Å². The number of carboxylic acid groups (broad SMARTS) is 1. The lowest BCUT2D eigenvalue weighted by atomic mass is 10.1. The summed E-state index contributed by atoms with van der Waals surface area (Å²) in [6, 6.07) is 6.91. The van der Waals surface area contributed by atoms with Crippen LogP contribution >= 0.6 is 0 Å². The van der Waals surface area contributed by atoms with Crippen molar-refractivity contribution in [1.29, 1.82) is 0 Å². The molecule has 0 spiro atoms. The van der Waals surface area contributed by atoms with Crippen LogP contribution in [0.4, 0.5) is 5.69 Å². The smallest absolute Gasteiger partial charge is 0.325 e. The molecule has 0 aliphatic heterocycles. The van der Waals surface area contributed by atoms with Crippen molar-refractivity contribution in [1.82, 2.24) is 20.1 Å². The van der Waals surface area contributed by atoms with Crippen LogP contribution in [0, 0.1) is 13.8 Å². The number of hydrogen-bond acceptors (Lipinski definition) is 5. The summed E-state index contributed by atoms with van der Waals surface area (Å²) in [6.07, 6.45) is 0. The zero-order valence-electron chi connectivity index (χ0n) is 16.5. The Balaban J connectivity index is 1.81. The first-order valence-corrected chi connectivity index (χ1v) is 8.93. The summed E-state index contributed by atoms with van der Waals surface area (Å²) >= 11 is 0. The summed E-state index contributed by atoms with van der Waals surface area (Å²) in [5, 5.41) is 19.1. The fraction of sp³-hybridized carbons (Fsp3) is 0.250. The highest BCUT2D eigenvalue weighted by Crippen LogP contribution is 2.23. The number of aliphatic carboxylic acids is 1. The highest BCUT2D eigenvalue weighted by molar-refractivity contribution is 6.12. The molecule has 1 unspecified atom stereocenters. The minimum Gasteiger partial charge on any atom is -0.480 e. The third kappa shape index (κ3) is 4.08. The number of nitrogens with one attached hydrogen (secondary N) is 2. The maximum atomic E-state index is 12.9. The number of benzene rings is 1. The van der Waals surface area contributed by atoms with Crippen LogP contribution in [0.15, 0.2) is 30.3 Å². The van der Waals surface area contributed by atoms with Gasteiger partial charge in [-0.25, -0.2) is 4.98 Å². The van der Waals surface area contributed by atoms with E-state index in [1.807, 2.05) is 13.8 Å². The molecule has 0 bridgehead atoms. The standard InChI is InChI=1S/C20H21N5O4/c1-10-9-15(16-11(2)24-25(4)17(16)21-10)19(27)23-14-7-5-13(6-8-14)18(26)22-12(3)20(28)29/h5-9,12H,1-4H3,(H,22,26)(H,23,27)(H,28,29). The van der Waals surface area contributed by atoms with Crippen molar-refractivity contribution in [2.75, 3.05) is 5.32 Å². The fourth-order valence-electron chi connectivity index (χ4n) is 2.99. The molecule has 0 aliphatic carbocycles. The first-order chi connectivity index (χ1) is 13.7. The lowest BCUT2D eigenvalue weighted by Crippen LogP contribution is -2.38. The molecule has 0 saturated carbocycles. The molecule has 150 valence electrons. The number of fused-ring (bicyclic) bond motifs is 1. The number of aromatic nitrogens is 3. The second kappa shape index (κ2) is 7.70. The van der Waals surface area contributed by atoms with E-state index in [4.69, 9.17) is 5.11 Å². The Bertz CT molecular complexity index is 1120. The number of carboxylic acids is 1. The normalized spacial score (nSPS) is 11.9. The van der Waals surface area contributed by atoms with Gasteiger partial charge in [-0.15, -0.1) is 0 Å². The molecule has 1 atom stereocenters. The molecule has 2 amide bonds. The largest absolute Gasteiger partial charge is 0.480 e. The van der Waals surface area contributed by atoms with E-state index in [1.165, 1.54) is 19.1 Å². The quantitative estimate of drug-likeness (QED) is 0.607. The topological polar surface area (TPSA) is 126 Å². The Morgan fingerprint density at radius 2 is 1.76 bits per heavy atom. The van der Waals surface area contributed by atoms with E-state index in [-0.39, 0.29) is 5.91 Å². The van der Waals surface area contributed by atoms with E-state index in [0.717, 1.165) is 0 Å². The molecule has 2 aromatic heterocycles. The molecule has 9 nitrogen and oxygen atoms in total. The highest BCUT2D eigenvalue weighted by Gasteiger charge is 2.18. The molecule has 9 heteroatoms. The molecule has 0 aliphatic rings. The van der Waals surface area contributed by atoms with Gasteiger partial charge in [-0.1, -0.05) is 0 Å². The average molecular weight is 395 g/mol. The second-order valence-corrected chi connectivity index (χ2v) is 6.78. The Kier molecular flexibility index (Phi) is 5.31. The summed E-state index contributed by atoms with van der Waals surface area (Å²) in [5.74, 6) is -1.93. The lowest BCUT2D eigenvalue weighted by Gasteiger charge is -2.10. The number of carbonyl (C=O) groups excluding carboxylic acids is 2. The third-order valence-electron chi connectivity index (χ3n) is 4.46. The summed E-state index contributed by atoms with van der Waals surface area (Å²) in [6.45, 7) is 5.01. The number of carbonyl (C=O) groups is 3. The Morgan fingerprint density at radius 3 is 2.38 bits per heavy atom. The molecule has 3 aromatic rings. The van der Waals surface area contributed by atoms with Gasteiger partial charge in [-0.2, -0.15) is 5.10 Å². The van der Waals surface area contributed by atoms with Gasteiger partial charge >= 0.3 is 5.97 Å². The monoisotopic (exact) mass is 395 g/mol. The van der Waals surface area contributed by atoms with Crippen molar-refractivity contribution in [2.24, 2.45) is 7.05 Å². The molecule has 29 heavy (non-hydrogen) atoms. The fourth-order valence-corrected chi connectivity index (χ4v) is 2.99. The van der Waals surface area contributed by atoms with Gasteiger partial charge in [0.15, 0.2) is 5.65 Å². The second-order valence-electron chi connectivity index (χ2n) is 6.78. The van der Waals surface area contributed by atoms with E-state index >= 15 is 0 Å². The van der Waals surface area contributed by atoms with Gasteiger partial charge in [0, 0.05) is 24.0 Å². The van der Waals surface area contributed by atoms with Crippen LogP contribution in [0.5, 0.6) is 0 Å². The SMILES string of the molecule is Cc1cc(C(=O)Nc2ccc(C(=O)NC(C)C(=O)O)cc2)c2c(C)nn(C)c2n1. The van der Waals surface area contributed by atoms with Gasteiger partial charge in [-0.3, -0.25) is 19.1 Å². The first kappa shape index (κ1) is 20.0. The Morgan fingerprint density at radius 1 is 1.10 bits per heavy atom. The molecule has 3 rings (SSSR count). The van der Waals surface area contributed by atoms with Crippen LogP contribution in [0.1, 0.15) is 39.0 Å². The van der Waals surface area contributed by atoms with E-state index < -0.39 is 17.9 Å². The van der Waals surface area contributed by atoms with E-state index in [1.54, 1.807) is 29.9 Å². The Hall–Kier alpha value is -3.75. The maximum Gasteiger partial charge on any atom is 0.325 e. The highest BCUT2D eigenvalue weighted by atomic mass is 16.4. The first-order valence-electron chi connectivity index (χ1n) is 8.93. The number of amides is 2. The number of rotatable bonds is 5. The van der Waals surface area contributed by atoms with Gasteiger partial charge in [0.2, 0.25) is 0 Å². The zero-order chi connectivity index (χ0) is 21.3. The van der Waals surface area contributed by atoms with Crippen LogP contribution in [0.2, 0.25) is 0 Å². The third-order valence-corrected chi connectivity index (χ3v) is 4.46. The molecule has 0 radical (unpaired) electrons. The number of pyridine rings is 1. The molecule has 0 fully saturated rings. The minimum atomic E-state index is -1.12. The predicted octanol–water partition coefficient (Wildman–Crippen LogP) is 2.04. The molecule has 2 heterocycles. The summed E-state index contributed by atoms with van der Waals surface area (Å²) < 4.78 is 1.64. The van der Waals surface area contributed by atoms with Crippen LogP contribution in [0.3, 0.4) is 0 Å². The molecule has 1 aromatic carbocycles. The lowest BCUT2D eigenvalue weighted by molar-refractivity contribution is -0.138. The van der Waals surface area contributed by atoms with Gasteiger partial charge in [0.05, 0.1) is 16.6 Å². The molecule has 0 saturated heterocycles. The number of hydrogen-bond donors (Lipinski definition) is 3.